The number of rotatable bonds is 7. The van der Waals surface area contributed by atoms with Gasteiger partial charge in [-0.05, 0) is 23.6 Å². The Morgan fingerprint density at radius 3 is 2.71 bits per heavy atom. The minimum absolute atomic E-state index is 0.263. The van der Waals surface area contributed by atoms with Gasteiger partial charge in [0.1, 0.15) is 17.8 Å². The van der Waals surface area contributed by atoms with E-state index in [0.29, 0.717) is 5.02 Å². The van der Waals surface area contributed by atoms with Crippen LogP contribution in [0.25, 0.3) is 0 Å². The van der Waals surface area contributed by atoms with Crippen molar-refractivity contribution in [3.05, 3.63) is 87.1 Å². The van der Waals surface area contributed by atoms with E-state index < -0.39 is 34.9 Å². The average molecular weight is 483 g/mol. The van der Waals surface area contributed by atoms with E-state index in [2.05, 4.69) is 20.6 Å². The summed E-state index contributed by atoms with van der Waals surface area (Å²) in [6, 6.07) is 6.92. The molecule has 3 aromatic heterocycles. The molecule has 11 heteroatoms. The van der Waals surface area contributed by atoms with Crippen LogP contribution in [-0.2, 0) is 13.5 Å². The van der Waals surface area contributed by atoms with Crippen molar-refractivity contribution in [2.45, 2.75) is 32.2 Å². The molecule has 2 N–H and O–H groups in total. The minimum Gasteiger partial charge on any atom is -0.501 e. The van der Waals surface area contributed by atoms with Crippen molar-refractivity contribution in [3.8, 4) is 5.75 Å². The number of aryl methyl sites for hydroxylation is 1. The van der Waals surface area contributed by atoms with E-state index in [-0.39, 0.29) is 11.5 Å². The molecule has 0 saturated heterocycles. The molecule has 0 bridgehead atoms. The van der Waals surface area contributed by atoms with Gasteiger partial charge in [0, 0.05) is 24.2 Å². The fourth-order valence-electron chi connectivity index (χ4n) is 3.84. The Balaban J connectivity index is 1.83. The third-order valence-corrected chi connectivity index (χ3v) is 6.00. The number of benzene rings is 1. The number of hydrogen-bond acceptors (Lipinski definition) is 7. The van der Waals surface area contributed by atoms with Gasteiger partial charge < -0.3 is 14.9 Å². The normalized spacial score (nSPS) is 12.9. The average Bonchev–Trinajstić information content (AvgIpc) is 3.51. The van der Waals surface area contributed by atoms with E-state index in [1.54, 1.807) is 16.9 Å². The Labute approximate surface area is 199 Å². The second kappa shape index (κ2) is 9.52. The lowest BCUT2D eigenvalue weighted by Crippen LogP contribution is -2.30. The van der Waals surface area contributed by atoms with Gasteiger partial charge in [-0.3, -0.25) is 18.8 Å². The second-order valence-electron chi connectivity index (χ2n) is 7.84. The first-order valence-electron chi connectivity index (χ1n) is 10.6. The summed E-state index contributed by atoms with van der Waals surface area (Å²) >= 11 is 6.55. The van der Waals surface area contributed by atoms with E-state index in [0.717, 1.165) is 17.5 Å². The van der Waals surface area contributed by atoms with E-state index in [1.807, 2.05) is 38.2 Å². The van der Waals surface area contributed by atoms with Crippen LogP contribution in [0.1, 0.15) is 53.2 Å². The summed E-state index contributed by atoms with van der Waals surface area (Å²) in [5, 5.41) is 21.5. The first-order chi connectivity index (χ1) is 16.3. The Kier molecular flexibility index (Phi) is 6.51. The molecule has 0 saturated carbocycles. The van der Waals surface area contributed by atoms with Gasteiger partial charge >= 0.3 is 0 Å². The third kappa shape index (κ3) is 4.32. The molecular weight excluding hydrogens is 460 g/mol. The van der Waals surface area contributed by atoms with Crippen LogP contribution in [0.2, 0.25) is 5.02 Å². The molecule has 2 atom stereocenters. The van der Waals surface area contributed by atoms with E-state index in [4.69, 9.17) is 16.1 Å². The van der Waals surface area contributed by atoms with Crippen LogP contribution in [-0.4, -0.2) is 35.5 Å². The first-order valence-corrected chi connectivity index (χ1v) is 11.0. The van der Waals surface area contributed by atoms with Gasteiger partial charge in [0.2, 0.25) is 5.75 Å². The van der Waals surface area contributed by atoms with Crippen LogP contribution in [0.4, 0.5) is 5.69 Å². The highest BCUT2D eigenvalue weighted by Crippen LogP contribution is 2.36. The van der Waals surface area contributed by atoms with Crippen molar-refractivity contribution in [1.29, 1.82) is 0 Å². The summed E-state index contributed by atoms with van der Waals surface area (Å²) in [6.07, 6.45) is 7.00. The van der Waals surface area contributed by atoms with E-state index >= 15 is 0 Å². The molecule has 4 aromatic rings. The number of nitrogens with one attached hydrogen (secondary N) is 1. The van der Waals surface area contributed by atoms with E-state index in [9.17, 15) is 14.7 Å². The number of carbonyl (C=O) groups excluding carboxylic acids is 1. The highest BCUT2D eigenvalue weighted by atomic mass is 35.5. The number of halogens is 1. The summed E-state index contributed by atoms with van der Waals surface area (Å²) in [5.74, 6) is -1.72. The lowest BCUT2D eigenvalue weighted by molar-refractivity contribution is 0.101. The molecule has 4 rings (SSSR count). The first kappa shape index (κ1) is 23.2. The zero-order valence-electron chi connectivity index (χ0n) is 18.8. The molecule has 1 aromatic carbocycles. The van der Waals surface area contributed by atoms with Gasteiger partial charge in [-0.1, -0.05) is 48.8 Å². The smallest absolute Gasteiger partial charge is 0.296 e. The summed E-state index contributed by atoms with van der Waals surface area (Å²) in [4.78, 5) is 30.0. The number of aromatic nitrogens is 5. The molecule has 0 unspecified atom stereocenters. The maximum Gasteiger partial charge on any atom is 0.296 e. The predicted octanol–water partition coefficient (Wildman–Crippen LogP) is 3.53. The monoisotopic (exact) mass is 482 g/mol. The number of nitrogens with zero attached hydrogens (tertiary/aromatic N) is 5. The van der Waals surface area contributed by atoms with Crippen molar-refractivity contribution in [2.75, 3.05) is 5.32 Å². The zero-order chi connectivity index (χ0) is 24.4. The molecule has 1 amide bonds. The molecule has 10 nitrogen and oxygen atoms in total. The third-order valence-electron chi connectivity index (χ3n) is 5.66. The van der Waals surface area contributed by atoms with Crippen molar-refractivity contribution >= 4 is 23.2 Å². The molecule has 0 radical (unpaired) electrons. The number of carbonyl (C=O) groups is 1. The lowest BCUT2D eigenvalue weighted by atomic mass is 9.93. The van der Waals surface area contributed by atoms with Crippen LogP contribution in [0, 0.1) is 0 Å². The van der Waals surface area contributed by atoms with Crippen LogP contribution in [0.3, 0.4) is 0 Å². The van der Waals surface area contributed by atoms with Crippen LogP contribution >= 0.6 is 11.6 Å². The molecular formula is C23H23ClN6O4. The Morgan fingerprint density at radius 1 is 1.29 bits per heavy atom. The minimum atomic E-state index is -0.770. The molecule has 0 aliphatic heterocycles. The number of hydrogen-bond donors (Lipinski definition) is 2. The summed E-state index contributed by atoms with van der Waals surface area (Å²) in [5.41, 5.74) is 0.920. The Morgan fingerprint density at radius 2 is 2.06 bits per heavy atom. The zero-order valence-corrected chi connectivity index (χ0v) is 19.5. The maximum atomic E-state index is 12.8. The second-order valence-corrected chi connectivity index (χ2v) is 8.24. The molecule has 3 heterocycles. The van der Waals surface area contributed by atoms with E-state index in [1.165, 1.54) is 24.1 Å². The number of aromatic hydroxyl groups is 1. The Bertz CT molecular complexity index is 1380. The van der Waals surface area contributed by atoms with Crippen molar-refractivity contribution in [3.63, 3.8) is 0 Å². The van der Waals surface area contributed by atoms with Crippen LogP contribution < -0.4 is 10.9 Å². The molecule has 0 spiro atoms. The lowest BCUT2D eigenvalue weighted by Gasteiger charge is -2.27. The van der Waals surface area contributed by atoms with Crippen LogP contribution in [0.5, 0.6) is 5.75 Å². The maximum absolute atomic E-state index is 12.8. The van der Waals surface area contributed by atoms with Crippen molar-refractivity contribution in [1.82, 2.24) is 24.5 Å². The molecule has 34 heavy (non-hydrogen) atoms. The summed E-state index contributed by atoms with van der Waals surface area (Å²) in [6.45, 7) is 3.89. The fourth-order valence-corrected chi connectivity index (χ4v) is 4.09. The van der Waals surface area contributed by atoms with Gasteiger partial charge in [0.05, 0.1) is 18.4 Å². The highest BCUT2D eigenvalue weighted by Gasteiger charge is 2.31. The summed E-state index contributed by atoms with van der Waals surface area (Å²) in [7, 11) is 1.49. The quantitative estimate of drug-likeness (QED) is 0.412. The van der Waals surface area contributed by atoms with Crippen LogP contribution in [0.15, 0.2) is 58.4 Å². The topological polar surface area (TPSA) is 128 Å². The largest absolute Gasteiger partial charge is 0.501 e. The molecule has 0 fully saturated rings. The SMILES string of the molecule is CCc1cnn([C@H](c2ccccc2Cl)[C@@H](C)c2nc(C(=O)Nc3cnoc3)c(O)c(=O)n2C)c1. The molecule has 176 valence electrons. The highest BCUT2D eigenvalue weighted by molar-refractivity contribution is 6.31. The Hall–Kier alpha value is -3.92. The molecule has 0 aliphatic carbocycles. The molecule has 0 aliphatic rings. The van der Waals surface area contributed by atoms with Crippen molar-refractivity contribution in [2.24, 2.45) is 7.05 Å². The van der Waals surface area contributed by atoms with Gasteiger partial charge in [0.15, 0.2) is 5.69 Å². The fraction of sp³-hybridized carbons (Fsp3) is 0.261. The summed E-state index contributed by atoms with van der Waals surface area (Å²) < 4.78 is 7.71. The van der Waals surface area contributed by atoms with Gasteiger partial charge in [-0.25, -0.2) is 4.98 Å². The number of anilines is 1. The van der Waals surface area contributed by atoms with Gasteiger partial charge in [-0.15, -0.1) is 0 Å². The number of amides is 1. The standard InChI is InChI=1S/C23H23ClN6O4/c1-4-14-9-25-30(11-14)19(16-7-5-6-8-17(16)24)13(2)21-28-18(20(31)23(33)29(21)3)22(32)27-15-10-26-34-12-15/h5-13,19,31H,4H2,1-3H3,(H,27,32)/t13-,19+/m1/s1. The van der Waals surface area contributed by atoms with Crippen molar-refractivity contribution < 1.29 is 14.4 Å². The van der Waals surface area contributed by atoms with Gasteiger partial charge in [0.25, 0.3) is 11.5 Å². The predicted molar refractivity (Wildman–Crippen MR) is 125 cm³/mol. The van der Waals surface area contributed by atoms with Gasteiger partial charge in [-0.2, -0.15) is 5.10 Å².